The van der Waals surface area contributed by atoms with Crippen LogP contribution in [0.2, 0.25) is 0 Å². The summed E-state index contributed by atoms with van der Waals surface area (Å²) in [7, 11) is 3.26. The van der Waals surface area contributed by atoms with E-state index in [1.807, 2.05) is 32.0 Å². The lowest BCUT2D eigenvalue weighted by Gasteiger charge is -2.16. The molecule has 1 aromatic rings. The summed E-state index contributed by atoms with van der Waals surface area (Å²) in [5.41, 5.74) is 2.01. The van der Waals surface area contributed by atoms with Crippen molar-refractivity contribution in [3.63, 3.8) is 0 Å². The summed E-state index contributed by atoms with van der Waals surface area (Å²) in [6, 6.07) is 5.82. The van der Waals surface area contributed by atoms with Crippen LogP contribution in [0.3, 0.4) is 0 Å². The highest BCUT2D eigenvalue weighted by Gasteiger charge is 2.10. The molecule has 0 heterocycles. The molecule has 0 atom stereocenters. The molecule has 124 valence electrons. The maximum atomic E-state index is 5.52. The molecule has 5 nitrogen and oxygen atoms in total. The van der Waals surface area contributed by atoms with Crippen LogP contribution < -0.4 is 9.47 Å². The zero-order valence-electron chi connectivity index (χ0n) is 14.2. The maximum Gasteiger partial charge on any atom is 0.176 e. The van der Waals surface area contributed by atoms with Crippen molar-refractivity contribution in [3.05, 3.63) is 23.8 Å². The highest BCUT2D eigenvalue weighted by Crippen LogP contribution is 2.28. The summed E-state index contributed by atoms with van der Waals surface area (Å²) in [6.07, 6.45) is 0.525. The highest BCUT2D eigenvalue weighted by molar-refractivity contribution is 6.00. The van der Waals surface area contributed by atoms with E-state index in [0.29, 0.717) is 31.3 Å². The minimum atomic E-state index is -0.295. The first-order valence-electron chi connectivity index (χ1n) is 7.68. The van der Waals surface area contributed by atoms with Crippen LogP contribution in [0.15, 0.2) is 23.2 Å². The van der Waals surface area contributed by atoms with Gasteiger partial charge < -0.3 is 18.9 Å². The molecule has 0 aliphatic rings. The molecule has 0 radical (unpaired) electrons. The van der Waals surface area contributed by atoms with Gasteiger partial charge in [-0.1, -0.05) is 6.92 Å². The molecule has 22 heavy (non-hydrogen) atoms. The Labute approximate surface area is 133 Å². The fourth-order valence-corrected chi connectivity index (χ4v) is 2.13. The van der Waals surface area contributed by atoms with Crippen LogP contribution in [0.1, 0.15) is 32.8 Å². The van der Waals surface area contributed by atoms with Gasteiger partial charge in [0.25, 0.3) is 0 Å². The fourth-order valence-electron chi connectivity index (χ4n) is 2.13. The van der Waals surface area contributed by atoms with Crippen LogP contribution in [0.25, 0.3) is 0 Å². The normalized spacial score (nSPS) is 11.8. The number of methoxy groups -OCH3 is 2. The molecule has 1 rings (SSSR count). The zero-order valence-corrected chi connectivity index (χ0v) is 14.2. The average molecular weight is 309 g/mol. The van der Waals surface area contributed by atoms with Crippen LogP contribution >= 0.6 is 0 Å². The lowest BCUT2D eigenvalue weighted by molar-refractivity contribution is -0.128. The van der Waals surface area contributed by atoms with Gasteiger partial charge in [0, 0.05) is 18.9 Å². The standard InChI is InChI=1S/C17H27NO4/c1-6-14(18-12-17(21-7-2)22-8-3)13-9-10-15(19-4)16(11-13)20-5/h9-11,17H,6-8,12H2,1-5H3/b18-14-. The van der Waals surface area contributed by atoms with Crippen molar-refractivity contribution in [2.45, 2.75) is 33.5 Å². The van der Waals surface area contributed by atoms with Crippen LogP contribution in [0.5, 0.6) is 11.5 Å². The number of aliphatic imine (C=N–C) groups is 1. The van der Waals surface area contributed by atoms with E-state index >= 15 is 0 Å². The average Bonchev–Trinajstić information content (AvgIpc) is 2.55. The molecule has 0 aliphatic carbocycles. The van der Waals surface area contributed by atoms with Crippen LogP contribution in [-0.2, 0) is 9.47 Å². The van der Waals surface area contributed by atoms with Gasteiger partial charge in [-0.25, -0.2) is 0 Å². The molecule has 0 N–H and O–H groups in total. The van der Waals surface area contributed by atoms with Crippen LogP contribution in [0.4, 0.5) is 0 Å². The van der Waals surface area contributed by atoms with Gasteiger partial charge in [-0.15, -0.1) is 0 Å². The largest absolute Gasteiger partial charge is 0.493 e. The fraction of sp³-hybridized carbons (Fsp3) is 0.588. The van der Waals surface area contributed by atoms with Gasteiger partial charge in [-0.05, 0) is 44.0 Å². The number of nitrogens with zero attached hydrogens (tertiary/aromatic N) is 1. The van der Waals surface area contributed by atoms with Crippen LogP contribution in [0, 0.1) is 0 Å². The number of hydrogen-bond donors (Lipinski definition) is 0. The number of benzene rings is 1. The van der Waals surface area contributed by atoms with E-state index in [1.165, 1.54) is 0 Å². The maximum absolute atomic E-state index is 5.52. The van der Waals surface area contributed by atoms with E-state index in [0.717, 1.165) is 17.7 Å². The lowest BCUT2D eigenvalue weighted by Crippen LogP contribution is -2.21. The molecule has 1 aromatic carbocycles. The Morgan fingerprint density at radius 3 is 2.14 bits per heavy atom. The molecule has 0 saturated carbocycles. The lowest BCUT2D eigenvalue weighted by atomic mass is 10.1. The van der Waals surface area contributed by atoms with E-state index in [9.17, 15) is 0 Å². The van der Waals surface area contributed by atoms with E-state index < -0.39 is 0 Å². The molecular weight excluding hydrogens is 282 g/mol. The summed E-state index contributed by atoms with van der Waals surface area (Å²) < 4.78 is 21.6. The molecule has 0 amide bonds. The quantitative estimate of drug-likeness (QED) is 0.491. The molecule has 0 spiro atoms. The van der Waals surface area contributed by atoms with E-state index in [-0.39, 0.29) is 6.29 Å². The third-order valence-electron chi connectivity index (χ3n) is 3.19. The minimum Gasteiger partial charge on any atom is -0.493 e. The van der Waals surface area contributed by atoms with Gasteiger partial charge >= 0.3 is 0 Å². The Hall–Kier alpha value is -1.59. The molecule has 0 fully saturated rings. The Morgan fingerprint density at radius 1 is 1.00 bits per heavy atom. The zero-order chi connectivity index (χ0) is 16.4. The van der Waals surface area contributed by atoms with Crippen molar-refractivity contribution in [2.75, 3.05) is 34.0 Å². The van der Waals surface area contributed by atoms with Gasteiger partial charge in [0.15, 0.2) is 17.8 Å². The SMILES string of the molecule is CCOC(C/N=C(/CC)c1ccc(OC)c(OC)c1)OCC. The van der Waals surface area contributed by atoms with Crippen molar-refractivity contribution in [1.82, 2.24) is 0 Å². The predicted octanol–water partition coefficient (Wildman–Crippen LogP) is 3.30. The number of ether oxygens (including phenoxy) is 4. The highest BCUT2D eigenvalue weighted by atomic mass is 16.7. The first kappa shape index (κ1) is 18.5. The Kier molecular flexibility index (Phi) is 8.55. The van der Waals surface area contributed by atoms with E-state index in [1.54, 1.807) is 14.2 Å². The first-order valence-corrected chi connectivity index (χ1v) is 7.68. The predicted molar refractivity (Wildman–Crippen MR) is 88.3 cm³/mol. The van der Waals surface area contributed by atoms with Crippen LogP contribution in [-0.4, -0.2) is 46.0 Å². The Bertz CT molecular complexity index is 468. The van der Waals surface area contributed by atoms with Gasteiger partial charge in [-0.2, -0.15) is 0 Å². The molecule has 0 aromatic heterocycles. The summed E-state index contributed by atoms with van der Waals surface area (Å²) in [5.74, 6) is 1.41. The molecule has 0 bridgehead atoms. The van der Waals surface area contributed by atoms with Crippen molar-refractivity contribution in [1.29, 1.82) is 0 Å². The van der Waals surface area contributed by atoms with Crippen molar-refractivity contribution in [3.8, 4) is 11.5 Å². The van der Waals surface area contributed by atoms with Crippen molar-refractivity contribution >= 4 is 5.71 Å². The monoisotopic (exact) mass is 309 g/mol. The first-order chi connectivity index (χ1) is 10.7. The van der Waals surface area contributed by atoms with Gasteiger partial charge in [0.05, 0.1) is 20.8 Å². The summed E-state index contributed by atoms with van der Waals surface area (Å²) >= 11 is 0. The third kappa shape index (κ3) is 5.31. The summed E-state index contributed by atoms with van der Waals surface area (Å²) in [6.45, 7) is 7.68. The number of rotatable bonds is 10. The van der Waals surface area contributed by atoms with Gasteiger partial charge in [0.1, 0.15) is 0 Å². The Morgan fingerprint density at radius 2 is 1.64 bits per heavy atom. The van der Waals surface area contributed by atoms with Crippen molar-refractivity contribution in [2.24, 2.45) is 4.99 Å². The third-order valence-corrected chi connectivity index (χ3v) is 3.19. The molecular formula is C17H27NO4. The molecule has 5 heteroatoms. The molecule has 0 saturated heterocycles. The van der Waals surface area contributed by atoms with E-state index in [4.69, 9.17) is 18.9 Å². The minimum absolute atomic E-state index is 0.295. The summed E-state index contributed by atoms with van der Waals surface area (Å²) in [4.78, 5) is 4.65. The number of hydrogen-bond acceptors (Lipinski definition) is 5. The smallest absolute Gasteiger partial charge is 0.176 e. The molecule has 0 unspecified atom stereocenters. The second kappa shape index (κ2) is 10.2. The second-order valence-corrected chi connectivity index (χ2v) is 4.55. The molecule has 0 aliphatic heterocycles. The second-order valence-electron chi connectivity index (χ2n) is 4.55. The van der Waals surface area contributed by atoms with Crippen molar-refractivity contribution < 1.29 is 18.9 Å². The topological polar surface area (TPSA) is 49.3 Å². The van der Waals surface area contributed by atoms with E-state index in [2.05, 4.69) is 11.9 Å². The van der Waals surface area contributed by atoms with Gasteiger partial charge in [0.2, 0.25) is 0 Å². The summed E-state index contributed by atoms with van der Waals surface area (Å²) in [5, 5.41) is 0. The Balaban J connectivity index is 2.92. The van der Waals surface area contributed by atoms with Gasteiger partial charge in [-0.3, -0.25) is 4.99 Å².